The highest BCUT2D eigenvalue weighted by molar-refractivity contribution is 5.94. The van der Waals surface area contributed by atoms with Crippen molar-refractivity contribution in [2.24, 2.45) is 0 Å². The van der Waals surface area contributed by atoms with Gasteiger partial charge in [0.2, 0.25) is 5.91 Å². The number of aromatic nitrogens is 1. The van der Waals surface area contributed by atoms with Gasteiger partial charge in [-0.3, -0.25) is 9.59 Å². The molecule has 0 aromatic carbocycles. The van der Waals surface area contributed by atoms with Crippen LogP contribution in [0.25, 0.3) is 0 Å². The number of hydrogen-bond acceptors (Lipinski definition) is 5. The number of esters is 1. The van der Waals surface area contributed by atoms with E-state index < -0.39 is 5.97 Å². The lowest BCUT2D eigenvalue weighted by atomic mass is 10.2. The van der Waals surface area contributed by atoms with E-state index in [1.165, 1.54) is 7.11 Å². The van der Waals surface area contributed by atoms with E-state index in [0.717, 1.165) is 18.9 Å². The second-order valence-electron chi connectivity index (χ2n) is 4.31. The number of piperazine rings is 1. The molecule has 6 nitrogen and oxygen atoms in total. The van der Waals surface area contributed by atoms with E-state index in [9.17, 15) is 9.59 Å². The Bertz CT molecular complexity index is 442. The minimum atomic E-state index is -0.489. The number of carbonyl (C=O) groups excluding carboxylic acids is 2. The monoisotopic (exact) mass is 263 g/mol. The first-order valence-electron chi connectivity index (χ1n) is 6.21. The van der Waals surface area contributed by atoms with Crippen molar-refractivity contribution < 1.29 is 14.3 Å². The lowest BCUT2D eigenvalue weighted by Crippen LogP contribution is -2.49. The second kappa shape index (κ2) is 6.17. The Hall–Kier alpha value is -2.11. The maximum Gasteiger partial charge on any atom is 0.315 e. The highest BCUT2D eigenvalue weighted by Crippen LogP contribution is 2.12. The van der Waals surface area contributed by atoms with Crippen LogP contribution in [0.4, 0.5) is 5.82 Å². The molecule has 1 amide bonds. The highest BCUT2D eigenvalue weighted by atomic mass is 16.5. The molecule has 1 aromatic rings. The molecule has 0 bridgehead atoms. The standard InChI is InChI=1S/C13H17N3O3/c1-19-13(18)10-12(17)16-8-6-15(7-9-16)11-4-2-3-5-14-11/h2-5H,6-10H2,1H3. The number of amides is 1. The fourth-order valence-corrected chi connectivity index (χ4v) is 2.03. The van der Waals surface area contributed by atoms with Gasteiger partial charge in [0.05, 0.1) is 7.11 Å². The van der Waals surface area contributed by atoms with Crippen molar-refractivity contribution in [3.8, 4) is 0 Å². The minimum Gasteiger partial charge on any atom is -0.469 e. The van der Waals surface area contributed by atoms with Gasteiger partial charge in [0.25, 0.3) is 0 Å². The van der Waals surface area contributed by atoms with Crippen molar-refractivity contribution in [3.63, 3.8) is 0 Å². The first-order valence-corrected chi connectivity index (χ1v) is 6.21. The Morgan fingerprint density at radius 2 is 2.00 bits per heavy atom. The van der Waals surface area contributed by atoms with E-state index in [0.29, 0.717) is 13.1 Å². The second-order valence-corrected chi connectivity index (χ2v) is 4.31. The summed E-state index contributed by atoms with van der Waals surface area (Å²) in [5.74, 6) is 0.257. The van der Waals surface area contributed by atoms with Crippen molar-refractivity contribution in [2.45, 2.75) is 6.42 Å². The number of ether oxygens (including phenoxy) is 1. The number of nitrogens with zero attached hydrogens (tertiary/aromatic N) is 3. The van der Waals surface area contributed by atoms with Crippen LogP contribution in [0.5, 0.6) is 0 Å². The van der Waals surface area contributed by atoms with Crippen LogP contribution < -0.4 is 4.90 Å². The number of methoxy groups -OCH3 is 1. The largest absolute Gasteiger partial charge is 0.469 e. The molecule has 0 saturated carbocycles. The average molecular weight is 263 g/mol. The molecule has 2 heterocycles. The molecule has 2 rings (SSSR count). The van der Waals surface area contributed by atoms with Gasteiger partial charge in [-0.15, -0.1) is 0 Å². The van der Waals surface area contributed by atoms with Crippen LogP contribution in [0.15, 0.2) is 24.4 Å². The zero-order valence-corrected chi connectivity index (χ0v) is 10.9. The molecule has 1 saturated heterocycles. The van der Waals surface area contributed by atoms with Crippen LogP contribution in [-0.2, 0) is 14.3 Å². The molecule has 0 N–H and O–H groups in total. The molecule has 1 fully saturated rings. The first kappa shape index (κ1) is 13.3. The van der Waals surface area contributed by atoms with Gasteiger partial charge in [-0.1, -0.05) is 6.07 Å². The Morgan fingerprint density at radius 3 is 2.58 bits per heavy atom. The molecule has 0 atom stereocenters. The van der Waals surface area contributed by atoms with Crippen molar-refractivity contribution in [2.75, 3.05) is 38.2 Å². The quantitative estimate of drug-likeness (QED) is 0.579. The summed E-state index contributed by atoms with van der Waals surface area (Å²) in [6.45, 7) is 2.66. The molecule has 1 aliphatic rings. The van der Waals surface area contributed by atoms with E-state index >= 15 is 0 Å². The van der Waals surface area contributed by atoms with Gasteiger partial charge < -0.3 is 14.5 Å². The number of carbonyl (C=O) groups is 2. The molecule has 0 radical (unpaired) electrons. The predicted octanol–water partition coefficient (Wildman–Crippen LogP) is 0.293. The SMILES string of the molecule is COC(=O)CC(=O)N1CCN(c2ccccn2)CC1. The summed E-state index contributed by atoms with van der Waals surface area (Å²) in [7, 11) is 1.29. The average Bonchev–Trinajstić information content (AvgIpc) is 2.48. The topological polar surface area (TPSA) is 62.7 Å². The van der Waals surface area contributed by atoms with E-state index in [2.05, 4.69) is 14.6 Å². The zero-order valence-electron chi connectivity index (χ0n) is 10.9. The van der Waals surface area contributed by atoms with Crippen LogP contribution in [0.1, 0.15) is 6.42 Å². The van der Waals surface area contributed by atoms with E-state index in [-0.39, 0.29) is 12.3 Å². The fourth-order valence-electron chi connectivity index (χ4n) is 2.03. The molecule has 19 heavy (non-hydrogen) atoms. The summed E-state index contributed by atoms with van der Waals surface area (Å²) in [5, 5.41) is 0. The molecule has 6 heteroatoms. The van der Waals surface area contributed by atoms with Crippen LogP contribution in [0, 0.1) is 0 Å². The number of rotatable bonds is 3. The van der Waals surface area contributed by atoms with Crippen molar-refractivity contribution >= 4 is 17.7 Å². The molecule has 0 aliphatic carbocycles. The lowest BCUT2D eigenvalue weighted by Gasteiger charge is -2.35. The summed E-state index contributed by atoms with van der Waals surface area (Å²) in [5.41, 5.74) is 0. The minimum absolute atomic E-state index is 0.174. The number of anilines is 1. The van der Waals surface area contributed by atoms with E-state index in [1.54, 1.807) is 11.1 Å². The van der Waals surface area contributed by atoms with Gasteiger partial charge in [0.1, 0.15) is 12.2 Å². The molecule has 0 unspecified atom stereocenters. The molecule has 1 aromatic heterocycles. The van der Waals surface area contributed by atoms with Gasteiger partial charge >= 0.3 is 5.97 Å². The van der Waals surface area contributed by atoms with Crippen LogP contribution in [0.2, 0.25) is 0 Å². The fraction of sp³-hybridized carbons (Fsp3) is 0.462. The number of pyridine rings is 1. The number of hydrogen-bond donors (Lipinski definition) is 0. The Balaban J connectivity index is 1.86. The van der Waals surface area contributed by atoms with E-state index in [1.807, 2.05) is 18.2 Å². The van der Waals surface area contributed by atoms with Gasteiger partial charge in [-0.05, 0) is 12.1 Å². The third-order valence-corrected chi connectivity index (χ3v) is 3.13. The lowest BCUT2D eigenvalue weighted by molar-refractivity contribution is -0.146. The molecule has 0 spiro atoms. The smallest absolute Gasteiger partial charge is 0.315 e. The maximum absolute atomic E-state index is 11.8. The summed E-state index contributed by atoms with van der Waals surface area (Å²) in [4.78, 5) is 31.0. The summed E-state index contributed by atoms with van der Waals surface area (Å²) in [6, 6.07) is 5.77. The molecule has 1 aliphatic heterocycles. The van der Waals surface area contributed by atoms with Gasteiger partial charge in [0.15, 0.2) is 0 Å². The van der Waals surface area contributed by atoms with Gasteiger partial charge in [-0.2, -0.15) is 0 Å². The van der Waals surface area contributed by atoms with Crippen LogP contribution >= 0.6 is 0 Å². The van der Waals surface area contributed by atoms with Gasteiger partial charge in [0, 0.05) is 32.4 Å². The summed E-state index contributed by atoms with van der Waals surface area (Å²) < 4.78 is 4.50. The third kappa shape index (κ3) is 3.43. The maximum atomic E-state index is 11.8. The molecular weight excluding hydrogens is 246 g/mol. The molecular formula is C13H17N3O3. The predicted molar refractivity (Wildman–Crippen MR) is 69.7 cm³/mol. The zero-order chi connectivity index (χ0) is 13.7. The van der Waals surface area contributed by atoms with Crippen molar-refractivity contribution in [1.29, 1.82) is 0 Å². The summed E-state index contributed by atoms with van der Waals surface area (Å²) in [6.07, 6.45) is 1.57. The Kier molecular flexibility index (Phi) is 4.33. The Morgan fingerprint density at radius 1 is 1.26 bits per heavy atom. The highest BCUT2D eigenvalue weighted by Gasteiger charge is 2.23. The van der Waals surface area contributed by atoms with Crippen molar-refractivity contribution in [1.82, 2.24) is 9.88 Å². The van der Waals surface area contributed by atoms with Crippen LogP contribution in [0.3, 0.4) is 0 Å². The van der Waals surface area contributed by atoms with Crippen molar-refractivity contribution in [3.05, 3.63) is 24.4 Å². The first-order chi connectivity index (χ1) is 9.20. The molecule has 102 valence electrons. The normalized spacial score (nSPS) is 15.2. The van der Waals surface area contributed by atoms with E-state index in [4.69, 9.17) is 0 Å². The van der Waals surface area contributed by atoms with Crippen LogP contribution in [-0.4, -0.2) is 55.0 Å². The van der Waals surface area contributed by atoms with Gasteiger partial charge in [-0.25, -0.2) is 4.98 Å². The third-order valence-electron chi connectivity index (χ3n) is 3.13. The Labute approximate surface area is 112 Å². The summed E-state index contributed by atoms with van der Waals surface area (Å²) >= 11 is 0.